The summed E-state index contributed by atoms with van der Waals surface area (Å²) in [6.07, 6.45) is 1.64. The Bertz CT molecular complexity index is 1120. The van der Waals surface area contributed by atoms with Crippen molar-refractivity contribution in [3.8, 4) is 11.5 Å². The van der Waals surface area contributed by atoms with E-state index in [1.165, 1.54) is 23.5 Å². The van der Waals surface area contributed by atoms with Gasteiger partial charge in [0.1, 0.15) is 12.4 Å². The number of ether oxygens (including phenoxy) is 3. The summed E-state index contributed by atoms with van der Waals surface area (Å²) >= 11 is 1.45. The van der Waals surface area contributed by atoms with Gasteiger partial charge >= 0.3 is 5.97 Å². The largest absolute Gasteiger partial charge is 0.490 e. The summed E-state index contributed by atoms with van der Waals surface area (Å²) in [4.78, 5) is 17.3. The van der Waals surface area contributed by atoms with Crippen LogP contribution in [0.2, 0.25) is 0 Å². The van der Waals surface area contributed by atoms with Crippen LogP contribution in [0, 0.1) is 5.82 Å². The second-order valence-corrected chi connectivity index (χ2v) is 7.32. The number of carbonyl (C=O) groups is 1. The normalized spacial score (nSPS) is 14.5. The molecule has 7 heteroatoms. The number of nitrogens with zero attached hydrogens (tertiary/aromatic N) is 1. The van der Waals surface area contributed by atoms with Gasteiger partial charge in [0.2, 0.25) is 5.90 Å². The number of carbonyl (C=O) groups excluding carboxylic acids is 1. The molecule has 0 saturated carbocycles. The van der Waals surface area contributed by atoms with Crippen molar-refractivity contribution in [1.82, 2.24) is 0 Å². The second kappa shape index (κ2) is 8.92. The van der Waals surface area contributed by atoms with Crippen molar-refractivity contribution in [2.45, 2.75) is 13.5 Å². The Morgan fingerprint density at radius 1 is 1.10 bits per heavy atom. The van der Waals surface area contributed by atoms with Crippen molar-refractivity contribution in [2.24, 2.45) is 4.99 Å². The number of thiophene rings is 1. The predicted molar refractivity (Wildman–Crippen MR) is 113 cm³/mol. The van der Waals surface area contributed by atoms with Gasteiger partial charge in [0.05, 0.1) is 11.5 Å². The summed E-state index contributed by atoms with van der Waals surface area (Å²) in [5.41, 5.74) is 1.65. The van der Waals surface area contributed by atoms with Crippen LogP contribution in [0.25, 0.3) is 6.08 Å². The molecule has 1 aliphatic rings. The van der Waals surface area contributed by atoms with Crippen LogP contribution in [0.4, 0.5) is 4.39 Å². The first-order chi connectivity index (χ1) is 14.6. The van der Waals surface area contributed by atoms with Crippen LogP contribution < -0.4 is 9.47 Å². The molecule has 0 bridgehead atoms. The van der Waals surface area contributed by atoms with Gasteiger partial charge in [0.15, 0.2) is 17.2 Å². The number of cyclic esters (lactones) is 1. The third-order valence-electron chi connectivity index (χ3n) is 4.21. The fourth-order valence-electron chi connectivity index (χ4n) is 2.86. The van der Waals surface area contributed by atoms with Gasteiger partial charge in [-0.3, -0.25) is 0 Å². The van der Waals surface area contributed by atoms with E-state index < -0.39 is 5.97 Å². The lowest BCUT2D eigenvalue weighted by Crippen LogP contribution is -2.03. The maximum absolute atomic E-state index is 13.4. The van der Waals surface area contributed by atoms with Gasteiger partial charge in [-0.2, -0.15) is 0 Å². The zero-order chi connectivity index (χ0) is 20.9. The quantitative estimate of drug-likeness (QED) is 0.387. The Balaban J connectivity index is 1.55. The lowest BCUT2D eigenvalue weighted by molar-refractivity contribution is -0.129. The molecule has 0 atom stereocenters. The van der Waals surface area contributed by atoms with Crippen LogP contribution in [0.5, 0.6) is 11.5 Å². The molecule has 0 saturated heterocycles. The van der Waals surface area contributed by atoms with Gasteiger partial charge in [-0.15, -0.1) is 11.3 Å². The smallest absolute Gasteiger partial charge is 0.363 e. The minimum atomic E-state index is -0.497. The molecule has 3 aromatic rings. The Labute approximate surface area is 177 Å². The standard InChI is InChI=1S/C23H18FNO4S/c1-2-27-20-13-15(8-9-19(20)28-14-16-5-3-6-17(24)11-16)12-18-23(26)29-22(25-18)21-7-4-10-30-21/h3-13H,2,14H2,1H3. The van der Waals surface area contributed by atoms with Gasteiger partial charge in [-0.05, 0) is 59.8 Å². The SMILES string of the molecule is CCOc1cc(C=C2N=C(c3cccs3)OC2=O)ccc1OCc1cccc(F)c1. The predicted octanol–water partition coefficient (Wildman–Crippen LogP) is 5.21. The highest BCUT2D eigenvalue weighted by atomic mass is 32.1. The van der Waals surface area contributed by atoms with E-state index in [1.807, 2.05) is 24.4 Å². The summed E-state index contributed by atoms with van der Waals surface area (Å²) in [5, 5.41) is 1.89. The minimum Gasteiger partial charge on any atom is -0.490 e. The Morgan fingerprint density at radius 2 is 2.00 bits per heavy atom. The van der Waals surface area contributed by atoms with Crippen molar-refractivity contribution in [3.63, 3.8) is 0 Å². The minimum absolute atomic E-state index is 0.207. The molecule has 152 valence electrons. The summed E-state index contributed by atoms with van der Waals surface area (Å²) in [6.45, 7) is 2.52. The van der Waals surface area contributed by atoms with E-state index in [-0.39, 0.29) is 18.1 Å². The van der Waals surface area contributed by atoms with E-state index in [1.54, 1.807) is 36.4 Å². The maximum Gasteiger partial charge on any atom is 0.363 e. The highest BCUT2D eigenvalue weighted by Crippen LogP contribution is 2.31. The first-order valence-electron chi connectivity index (χ1n) is 9.33. The number of halogens is 1. The first-order valence-corrected chi connectivity index (χ1v) is 10.2. The van der Waals surface area contributed by atoms with E-state index in [9.17, 15) is 9.18 Å². The number of benzene rings is 2. The van der Waals surface area contributed by atoms with Crippen LogP contribution in [-0.2, 0) is 16.1 Å². The number of aliphatic imine (C=N–C) groups is 1. The molecule has 0 amide bonds. The molecule has 4 rings (SSSR count). The number of esters is 1. The summed E-state index contributed by atoms with van der Waals surface area (Å²) in [6, 6.07) is 15.3. The highest BCUT2D eigenvalue weighted by molar-refractivity contribution is 7.12. The average molecular weight is 423 g/mol. The summed E-state index contributed by atoms with van der Waals surface area (Å²) in [5.74, 6) is 0.551. The first kappa shape index (κ1) is 19.8. The molecule has 1 aliphatic heterocycles. The molecule has 0 spiro atoms. The van der Waals surface area contributed by atoms with Gasteiger partial charge in [0, 0.05) is 0 Å². The highest BCUT2D eigenvalue weighted by Gasteiger charge is 2.24. The molecule has 0 aliphatic carbocycles. The van der Waals surface area contributed by atoms with Gasteiger partial charge in [-0.1, -0.05) is 24.3 Å². The second-order valence-electron chi connectivity index (χ2n) is 6.37. The van der Waals surface area contributed by atoms with Crippen molar-refractivity contribution in [3.05, 3.63) is 87.5 Å². The average Bonchev–Trinajstić information content (AvgIpc) is 3.38. The zero-order valence-electron chi connectivity index (χ0n) is 16.1. The van der Waals surface area contributed by atoms with E-state index in [0.717, 1.165) is 10.4 Å². The van der Waals surface area contributed by atoms with Crippen molar-refractivity contribution < 1.29 is 23.4 Å². The van der Waals surface area contributed by atoms with Crippen molar-refractivity contribution in [2.75, 3.05) is 6.61 Å². The van der Waals surface area contributed by atoms with Gasteiger partial charge in [0.25, 0.3) is 0 Å². The zero-order valence-corrected chi connectivity index (χ0v) is 16.9. The fourth-order valence-corrected chi connectivity index (χ4v) is 3.51. The fraction of sp³-hybridized carbons (Fsp3) is 0.130. The Kier molecular flexibility index (Phi) is 5.90. The summed E-state index contributed by atoms with van der Waals surface area (Å²) in [7, 11) is 0. The Hall–Kier alpha value is -3.45. The van der Waals surface area contributed by atoms with Gasteiger partial charge in [-0.25, -0.2) is 14.2 Å². The molecule has 0 radical (unpaired) electrons. The number of rotatable bonds is 7. The molecular formula is C23H18FNO4S. The lowest BCUT2D eigenvalue weighted by Gasteiger charge is -2.13. The van der Waals surface area contributed by atoms with Crippen LogP contribution in [-0.4, -0.2) is 18.5 Å². The molecular weight excluding hydrogens is 405 g/mol. The van der Waals surface area contributed by atoms with Crippen LogP contribution in [0.3, 0.4) is 0 Å². The monoisotopic (exact) mass is 423 g/mol. The van der Waals surface area contributed by atoms with Crippen molar-refractivity contribution >= 4 is 29.3 Å². The number of hydrogen-bond donors (Lipinski definition) is 0. The molecule has 0 fully saturated rings. The maximum atomic E-state index is 13.4. The van der Waals surface area contributed by atoms with Crippen LogP contribution in [0.15, 0.2) is 70.7 Å². The van der Waals surface area contributed by atoms with Gasteiger partial charge < -0.3 is 14.2 Å². The molecule has 0 unspecified atom stereocenters. The molecule has 5 nitrogen and oxygen atoms in total. The number of hydrogen-bond acceptors (Lipinski definition) is 6. The molecule has 1 aromatic heterocycles. The van der Waals surface area contributed by atoms with E-state index in [4.69, 9.17) is 14.2 Å². The van der Waals surface area contributed by atoms with Crippen molar-refractivity contribution in [1.29, 1.82) is 0 Å². The molecule has 2 aromatic carbocycles. The third kappa shape index (κ3) is 4.58. The topological polar surface area (TPSA) is 57.1 Å². The Morgan fingerprint density at radius 3 is 2.77 bits per heavy atom. The van der Waals surface area contributed by atoms with Crippen LogP contribution >= 0.6 is 11.3 Å². The molecule has 30 heavy (non-hydrogen) atoms. The van der Waals surface area contributed by atoms with E-state index in [2.05, 4.69) is 4.99 Å². The van der Waals surface area contributed by atoms with Crippen LogP contribution in [0.1, 0.15) is 22.9 Å². The van der Waals surface area contributed by atoms with E-state index in [0.29, 0.717) is 29.6 Å². The summed E-state index contributed by atoms with van der Waals surface area (Å²) < 4.78 is 30.1. The van der Waals surface area contributed by atoms with E-state index >= 15 is 0 Å². The lowest BCUT2D eigenvalue weighted by atomic mass is 10.1. The third-order valence-corrected chi connectivity index (χ3v) is 5.06. The molecule has 2 heterocycles. The molecule has 0 N–H and O–H groups in total.